The van der Waals surface area contributed by atoms with Gasteiger partial charge in [-0.2, -0.15) is 0 Å². The Bertz CT molecular complexity index is 1700. The Labute approximate surface area is 290 Å². The molecule has 0 radical (unpaired) electrons. The summed E-state index contributed by atoms with van der Waals surface area (Å²) in [6.07, 6.45) is 10.3. The van der Waals surface area contributed by atoms with Crippen LogP contribution in [-0.2, 0) is 22.4 Å². The number of Topliss-reactive ketones (excluding diaryl/α,β-unsaturated/α-hetero) is 2. The number of aromatic nitrogens is 1. The SMILES string of the molecule is CCCC1([C@H]2C[C@H](Cc3ccnc(N)c3)C[C@H]3C#C[C@H](c4ccccc4)c4cc(O)c(OC)cc4CCC(=O)[C@H](O)C(=O)[C@@H]3C2)CCCC1. The quantitative estimate of drug-likeness (QED) is 0.181. The molecule has 7 nitrogen and oxygen atoms in total. The number of phenolic OH excluding ortho intramolecular Hbond substituents is 1. The molecule has 7 heteroatoms. The smallest absolute Gasteiger partial charge is 0.173 e. The van der Waals surface area contributed by atoms with Crippen molar-refractivity contribution in [2.45, 2.75) is 96.0 Å². The van der Waals surface area contributed by atoms with E-state index in [0.717, 1.165) is 60.8 Å². The second-order valence-electron chi connectivity index (χ2n) is 14.7. The number of ketones is 2. The molecule has 3 aliphatic carbocycles. The number of fused-ring (bicyclic) bond motifs is 2. The minimum Gasteiger partial charge on any atom is -0.504 e. The minimum atomic E-state index is -1.69. The molecule has 0 saturated heterocycles. The molecule has 258 valence electrons. The van der Waals surface area contributed by atoms with Gasteiger partial charge in [0.15, 0.2) is 29.2 Å². The third-order valence-corrected chi connectivity index (χ3v) is 11.7. The molecule has 0 amide bonds. The third kappa shape index (κ3) is 7.55. The van der Waals surface area contributed by atoms with Crippen LogP contribution >= 0.6 is 0 Å². The molecule has 2 saturated carbocycles. The third-order valence-electron chi connectivity index (χ3n) is 11.7. The number of pyridine rings is 1. The lowest BCUT2D eigenvalue weighted by molar-refractivity contribution is -0.142. The number of ether oxygens (including phenoxy) is 1. The van der Waals surface area contributed by atoms with Crippen molar-refractivity contribution >= 4 is 17.4 Å². The number of nitrogens with zero attached hydrogens (tertiary/aromatic N) is 1. The predicted octanol–water partition coefficient (Wildman–Crippen LogP) is 7.21. The first-order valence-corrected chi connectivity index (χ1v) is 18.1. The lowest BCUT2D eigenvalue weighted by atomic mass is 9.65. The van der Waals surface area contributed by atoms with Crippen LogP contribution in [0.5, 0.6) is 11.5 Å². The summed E-state index contributed by atoms with van der Waals surface area (Å²) in [7, 11) is 1.49. The van der Waals surface area contributed by atoms with E-state index in [1.807, 2.05) is 42.5 Å². The largest absolute Gasteiger partial charge is 0.504 e. The molecular formula is C42H50N2O5. The van der Waals surface area contributed by atoms with E-state index in [2.05, 4.69) is 23.7 Å². The number of hydrogen-bond donors (Lipinski definition) is 3. The van der Waals surface area contributed by atoms with Crippen molar-refractivity contribution in [1.29, 1.82) is 0 Å². The van der Waals surface area contributed by atoms with E-state index in [4.69, 9.17) is 10.5 Å². The lowest BCUT2D eigenvalue weighted by Crippen LogP contribution is -2.40. The fourth-order valence-electron chi connectivity index (χ4n) is 9.33. The van der Waals surface area contributed by atoms with Crippen LogP contribution < -0.4 is 10.5 Å². The molecule has 0 bridgehead atoms. The maximum absolute atomic E-state index is 14.4. The van der Waals surface area contributed by atoms with Crippen molar-refractivity contribution in [3.63, 3.8) is 0 Å². The van der Waals surface area contributed by atoms with E-state index in [1.54, 1.807) is 18.3 Å². The monoisotopic (exact) mass is 662 g/mol. The van der Waals surface area contributed by atoms with Gasteiger partial charge in [0.2, 0.25) is 0 Å². The molecule has 4 N–H and O–H groups in total. The molecule has 3 aromatic rings. The molecule has 1 heterocycles. The summed E-state index contributed by atoms with van der Waals surface area (Å²) in [4.78, 5) is 32.2. The molecule has 3 aliphatic rings. The van der Waals surface area contributed by atoms with Crippen LogP contribution in [0.4, 0.5) is 5.82 Å². The molecule has 0 spiro atoms. The Morgan fingerprint density at radius 1 is 1.00 bits per heavy atom. The number of carbonyl (C=O) groups is 2. The van der Waals surface area contributed by atoms with E-state index in [9.17, 15) is 19.8 Å². The Morgan fingerprint density at radius 3 is 2.49 bits per heavy atom. The van der Waals surface area contributed by atoms with Gasteiger partial charge in [0.05, 0.1) is 13.0 Å². The molecule has 2 fully saturated rings. The van der Waals surface area contributed by atoms with Gasteiger partial charge in [0.1, 0.15) is 5.82 Å². The molecule has 49 heavy (non-hydrogen) atoms. The number of hydrogen-bond acceptors (Lipinski definition) is 7. The average Bonchev–Trinajstić information content (AvgIpc) is 3.50. The summed E-state index contributed by atoms with van der Waals surface area (Å²) in [5, 5.41) is 22.3. The van der Waals surface area contributed by atoms with E-state index >= 15 is 0 Å². The van der Waals surface area contributed by atoms with Crippen molar-refractivity contribution in [2.75, 3.05) is 12.8 Å². The zero-order chi connectivity index (χ0) is 34.5. The van der Waals surface area contributed by atoms with Gasteiger partial charge in [0.25, 0.3) is 0 Å². The first kappa shape index (κ1) is 34.7. The van der Waals surface area contributed by atoms with Gasteiger partial charge < -0.3 is 20.7 Å². The van der Waals surface area contributed by atoms with Crippen molar-refractivity contribution in [2.24, 2.45) is 29.1 Å². The van der Waals surface area contributed by atoms with Gasteiger partial charge in [-0.05, 0) is 115 Å². The van der Waals surface area contributed by atoms with Gasteiger partial charge >= 0.3 is 0 Å². The van der Waals surface area contributed by atoms with Crippen LogP contribution in [0.3, 0.4) is 0 Å². The van der Waals surface area contributed by atoms with E-state index in [0.29, 0.717) is 24.4 Å². The average molecular weight is 663 g/mol. The van der Waals surface area contributed by atoms with Crippen LogP contribution in [-0.4, -0.2) is 40.0 Å². The molecule has 6 rings (SSSR count). The van der Waals surface area contributed by atoms with E-state index in [-0.39, 0.29) is 47.5 Å². The van der Waals surface area contributed by atoms with Gasteiger partial charge in [-0.3, -0.25) is 9.59 Å². The Kier molecular flexibility index (Phi) is 10.7. The number of phenols is 1. The van der Waals surface area contributed by atoms with E-state index in [1.165, 1.54) is 20.0 Å². The highest BCUT2D eigenvalue weighted by Crippen LogP contribution is 2.55. The number of carbonyl (C=O) groups excluding carboxylic acids is 2. The van der Waals surface area contributed by atoms with Crippen LogP contribution in [0.15, 0.2) is 60.8 Å². The number of aliphatic hydroxyl groups is 1. The highest BCUT2D eigenvalue weighted by molar-refractivity contribution is 6.06. The molecule has 2 aromatic carbocycles. The zero-order valence-electron chi connectivity index (χ0n) is 28.9. The number of benzene rings is 2. The number of nitrogen functional groups attached to an aromatic ring is 1. The molecular weight excluding hydrogens is 612 g/mol. The Hall–Kier alpha value is -4.15. The fourth-order valence-corrected chi connectivity index (χ4v) is 9.33. The summed E-state index contributed by atoms with van der Waals surface area (Å²) in [6.45, 7) is 2.25. The number of methoxy groups -OCH3 is 1. The van der Waals surface area contributed by atoms with Gasteiger partial charge in [0, 0.05) is 24.5 Å². The standard InChI is InChI=1S/C42H50N2O5/c1-3-16-42(17-7-8-18-42)32-22-28(20-27-15-19-44-39(43)23-27)21-30-11-13-33(29-9-5-4-6-10-29)34-26-37(46)38(49-2)24-31(34)12-14-36(45)41(48)40(47)35(30)25-32/h4-6,9-10,15,19,23-24,26,28,30,32-33,35,41,46,48H,3,7-8,12,14,16-18,20-22,25H2,1-2H3,(H2,43,44)/t28-,30-,32+,33-,35-,41+/m1/s1. The zero-order valence-corrected chi connectivity index (χ0v) is 28.9. The molecule has 1 aromatic heterocycles. The van der Waals surface area contributed by atoms with Crippen LogP contribution in [0.25, 0.3) is 0 Å². The Balaban J connectivity index is 1.50. The van der Waals surface area contributed by atoms with Crippen molar-refractivity contribution < 1.29 is 24.5 Å². The van der Waals surface area contributed by atoms with Crippen LogP contribution in [0.1, 0.15) is 99.3 Å². The second-order valence-corrected chi connectivity index (χ2v) is 14.7. The maximum atomic E-state index is 14.4. The van der Waals surface area contributed by atoms with Crippen molar-refractivity contribution in [3.8, 4) is 23.3 Å². The fraction of sp³-hybridized carbons (Fsp3) is 0.500. The van der Waals surface area contributed by atoms with Crippen molar-refractivity contribution in [3.05, 3.63) is 83.0 Å². The topological polar surface area (TPSA) is 123 Å². The van der Waals surface area contributed by atoms with Gasteiger partial charge in [-0.1, -0.05) is 68.4 Å². The van der Waals surface area contributed by atoms with Crippen LogP contribution in [0.2, 0.25) is 0 Å². The number of rotatable bonds is 7. The van der Waals surface area contributed by atoms with E-state index < -0.39 is 23.7 Å². The highest BCUT2D eigenvalue weighted by atomic mass is 16.5. The molecule has 0 unspecified atom stereocenters. The molecule has 6 atom stereocenters. The maximum Gasteiger partial charge on any atom is 0.173 e. The van der Waals surface area contributed by atoms with Gasteiger partial charge in [-0.15, -0.1) is 0 Å². The van der Waals surface area contributed by atoms with Crippen LogP contribution in [0, 0.1) is 40.9 Å². The number of aromatic hydroxyl groups is 1. The summed E-state index contributed by atoms with van der Waals surface area (Å²) >= 11 is 0. The first-order chi connectivity index (χ1) is 23.7. The summed E-state index contributed by atoms with van der Waals surface area (Å²) in [5.41, 5.74) is 9.93. The minimum absolute atomic E-state index is 0.00210. The normalized spacial score (nSPS) is 27.0. The molecule has 0 aliphatic heterocycles. The van der Waals surface area contributed by atoms with Gasteiger partial charge in [-0.25, -0.2) is 4.98 Å². The predicted molar refractivity (Wildman–Crippen MR) is 191 cm³/mol. The summed E-state index contributed by atoms with van der Waals surface area (Å²) in [5.74, 6) is 6.37. The number of nitrogens with two attached hydrogens (primary N) is 1. The number of aryl methyl sites for hydroxylation is 1. The lowest BCUT2D eigenvalue weighted by Gasteiger charge is -2.40. The number of anilines is 1. The first-order valence-electron chi connectivity index (χ1n) is 18.1. The second kappa shape index (κ2) is 15.2. The number of aliphatic hydroxyl groups excluding tert-OH is 1. The van der Waals surface area contributed by atoms with Crippen molar-refractivity contribution in [1.82, 2.24) is 4.98 Å². The summed E-state index contributed by atoms with van der Waals surface area (Å²) in [6, 6.07) is 17.4. The highest BCUT2D eigenvalue weighted by Gasteiger charge is 2.47. The Morgan fingerprint density at radius 2 is 1.78 bits per heavy atom. The summed E-state index contributed by atoms with van der Waals surface area (Å²) < 4.78 is 5.43.